The zero-order valence-corrected chi connectivity index (χ0v) is 11.9. The fraction of sp³-hybridized carbons (Fsp3) is 0.500. The number of unbranched alkanes of at least 4 members (excludes halogenated alkanes) is 1. The predicted molar refractivity (Wildman–Crippen MR) is 76.2 cm³/mol. The minimum Gasteiger partial charge on any atom is -0.481 e. The number of carboxylic acid groups (broad SMARTS) is 1. The van der Waals surface area contributed by atoms with Crippen LogP contribution >= 0.6 is 12.4 Å². The average Bonchev–Trinajstić information content (AvgIpc) is 2.24. The highest BCUT2D eigenvalue weighted by atomic mass is 35.5. The van der Waals surface area contributed by atoms with Crippen molar-refractivity contribution in [3.05, 3.63) is 35.4 Å². The van der Waals surface area contributed by atoms with Gasteiger partial charge < -0.3 is 10.0 Å². The van der Waals surface area contributed by atoms with Crippen molar-refractivity contribution in [2.75, 3.05) is 13.6 Å². The van der Waals surface area contributed by atoms with E-state index in [4.69, 9.17) is 5.11 Å². The van der Waals surface area contributed by atoms with Gasteiger partial charge in [-0.2, -0.15) is 0 Å². The third kappa shape index (κ3) is 7.30. The van der Waals surface area contributed by atoms with Crippen LogP contribution in [0.1, 0.15) is 30.4 Å². The van der Waals surface area contributed by atoms with Crippen LogP contribution in [-0.4, -0.2) is 29.6 Å². The normalized spacial score (nSPS) is 10.2. The number of carboxylic acids is 1. The van der Waals surface area contributed by atoms with E-state index in [2.05, 4.69) is 43.1 Å². The number of rotatable bonds is 7. The van der Waals surface area contributed by atoms with Gasteiger partial charge >= 0.3 is 5.97 Å². The molecule has 1 rings (SSSR count). The minimum atomic E-state index is -0.702. The zero-order valence-electron chi connectivity index (χ0n) is 11.1. The maximum atomic E-state index is 10.4. The summed E-state index contributed by atoms with van der Waals surface area (Å²) in [4.78, 5) is 12.6. The van der Waals surface area contributed by atoms with E-state index < -0.39 is 5.97 Å². The van der Waals surface area contributed by atoms with Crippen molar-refractivity contribution < 1.29 is 9.90 Å². The van der Waals surface area contributed by atoms with Gasteiger partial charge in [-0.05, 0) is 38.9 Å². The number of benzene rings is 1. The van der Waals surface area contributed by atoms with Crippen LogP contribution in [0.25, 0.3) is 0 Å². The van der Waals surface area contributed by atoms with Crippen LogP contribution in [0, 0.1) is 6.92 Å². The van der Waals surface area contributed by atoms with Crippen LogP contribution < -0.4 is 0 Å². The molecule has 0 aromatic heterocycles. The first-order chi connectivity index (χ1) is 8.08. The summed E-state index contributed by atoms with van der Waals surface area (Å²) in [6.45, 7) is 3.96. The van der Waals surface area contributed by atoms with Gasteiger partial charge in [0.15, 0.2) is 0 Å². The Bertz CT molecular complexity index is 369. The number of aliphatic carboxylic acids is 1. The van der Waals surface area contributed by atoms with Gasteiger partial charge in [0.25, 0.3) is 0 Å². The van der Waals surface area contributed by atoms with Crippen molar-refractivity contribution in [3.8, 4) is 0 Å². The molecule has 0 aliphatic carbocycles. The van der Waals surface area contributed by atoms with Crippen molar-refractivity contribution in [1.82, 2.24) is 4.90 Å². The van der Waals surface area contributed by atoms with E-state index in [1.165, 1.54) is 11.1 Å². The Hall–Kier alpha value is -1.06. The molecule has 0 radical (unpaired) electrons. The molecule has 18 heavy (non-hydrogen) atoms. The molecule has 1 aromatic rings. The molecule has 1 aromatic carbocycles. The molecule has 4 heteroatoms. The Balaban J connectivity index is 0.00000289. The molecule has 0 aliphatic heterocycles. The lowest BCUT2D eigenvalue weighted by molar-refractivity contribution is -0.137. The van der Waals surface area contributed by atoms with Crippen LogP contribution in [-0.2, 0) is 11.3 Å². The molecule has 102 valence electrons. The van der Waals surface area contributed by atoms with Gasteiger partial charge in [-0.15, -0.1) is 12.4 Å². The fourth-order valence-corrected chi connectivity index (χ4v) is 1.86. The topological polar surface area (TPSA) is 40.5 Å². The quantitative estimate of drug-likeness (QED) is 0.775. The second-order valence-corrected chi connectivity index (χ2v) is 4.58. The zero-order chi connectivity index (χ0) is 12.7. The van der Waals surface area contributed by atoms with Gasteiger partial charge in [-0.25, -0.2) is 0 Å². The Morgan fingerprint density at radius 1 is 1.33 bits per heavy atom. The monoisotopic (exact) mass is 271 g/mol. The highest BCUT2D eigenvalue weighted by Crippen LogP contribution is 2.07. The summed E-state index contributed by atoms with van der Waals surface area (Å²) < 4.78 is 0. The predicted octanol–water partition coefficient (Wildman–Crippen LogP) is 3.10. The first-order valence-corrected chi connectivity index (χ1v) is 6.04. The highest BCUT2D eigenvalue weighted by molar-refractivity contribution is 5.85. The van der Waals surface area contributed by atoms with E-state index in [1.54, 1.807) is 0 Å². The standard InChI is InChI=1S/C14H21NO2.ClH/c1-12-6-5-7-13(10-12)11-15(2)9-4-3-8-14(16)17;/h5-7,10H,3-4,8-9,11H2,1-2H3,(H,16,17);1H. The second-order valence-electron chi connectivity index (χ2n) is 4.58. The molecular formula is C14H22ClNO2. The van der Waals surface area contributed by atoms with Gasteiger partial charge in [0, 0.05) is 13.0 Å². The van der Waals surface area contributed by atoms with Gasteiger partial charge in [0.1, 0.15) is 0 Å². The summed E-state index contributed by atoms with van der Waals surface area (Å²) in [6.07, 6.45) is 1.97. The largest absolute Gasteiger partial charge is 0.481 e. The van der Waals surface area contributed by atoms with Crippen LogP contribution in [0.2, 0.25) is 0 Å². The third-order valence-electron chi connectivity index (χ3n) is 2.72. The number of hydrogen-bond donors (Lipinski definition) is 1. The summed E-state index contributed by atoms with van der Waals surface area (Å²) in [5, 5.41) is 8.53. The lowest BCUT2D eigenvalue weighted by atomic mass is 10.1. The number of aryl methyl sites for hydroxylation is 1. The lowest BCUT2D eigenvalue weighted by Crippen LogP contribution is -2.19. The lowest BCUT2D eigenvalue weighted by Gasteiger charge is -2.16. The molecule has 0 unspecified atom stereocenters. The summed E-state index contributed by atoms with van der Waals surface area (Å²) in [7, 11) is 2.07. The SMILES string of the molecule is Cc1cccc(CN(C)CCCCC(=O)O)c1.Cl. The van der Waals surface area contributed by atoms with E-state index >= 15 is 0 Å². The summed E-state index contributed by atoms with van der Waals surface area (Å²) in [5.74, 6) is -0.702. The van der Waals surface area contributed by atoms with Crippen LogP contribution in [0.15, 0.2) is 24.3 Å². The van der Waals surface area contributed by atoms with Gasteiger partial charge in [0.05, 0.1) is 0 Å². The number of nitrogens with zero attached hydrogens (tertiary/aromatic N) is 1. The Morgan fingerprint density at radius 3 is 2.67 bits per heavy atom. The van der Waals surface area contributed by atoms with Crippen LogP contribution in [0.5, 0.6) is 0 Å². The fourth-order valence-electron chi connectivity index (χ4n) is 1.86. The van der Waals surface area contributed by atoms with Crippen molar-refractivity contribution in [3.63, 3.8) is 0 Å². The molecule has 0 saturated heterocycles. The smallest absolute Gasteiger partial charge is 0.303 e. The summed E-state index contributed by atoms with van der Waals surface area (Å²) in [5.41, 5.74) is 2.59. The molecule has 0 saturated carbocycles. The average molecular weight is 272 g/mol. The van der Waals surface area contributed by atoms with E-state index in [0.717, 1.165) is 25.9 Å². The van der Waals surface area contributed by atoms with Gasteiger partial charge in [-0.1, -0.05) is 29.8 Å². The molecule has 0 aliphatic rings. The second kappa shape index (κ2) is 8.95. The van der Waals surface area contributed by atoms with E-state index in [9.17, 15) is 4.79 Å². The molecule has 0 atom stereocenters. The number of hydrogen-bond acceptors (Lipinski definition) is 2. The maximum Gasteiger partial charge on any atom is 0.303 e. The molecule has 0 spiro atoms. The molecular weight excluding hydrogens is 250 g/mol. The molecule has 3 nitrogen and oxygen atoms in total. The molecule has 0 bridgehead atoms. The van der Waals surface area contributed by atoms with E-state index in [0.29, 0.717) is 0 Å². The van der Waals surface area contributed by atoms with Crippen molar-refractivity contribution in [2.45, 2.75) is 32.7 Å². The first-order valence-electron chi connectivity index (χ1n) is 6.04. The van der Waals surface area contributed by atoms with Crippen LogP contribution in [0.4, 0.5) is 0 Å². The number of halogens is 1. The Labute approximate surface area is 115 Å². The molecule has 0 fully saturated rings. The first kappa shape index (κ1) is 16.9. The molecule has 0 amide bonds. The Kier molecular flexibility index (Phi) is 8.42. The third-order valence-corrected chi connectivity index (χ3v) is 2.72. The Morgan fingerprint density at radius 2 is 2.06 bits per heavy atom. The van der Waals surface area contributed by atoms with Crippen LogP contribution in [0.3, 0.4) is 0 Å². The van der Waals surface area contributed by atoms with Crippen molar-refractivity contribution in [1.29, 1.82) is 0 Å². The minimum absolute atomic E-state index is 0. The summed E-state index contributed by atoms with van der Waals surface area (Å²) in [6, 6.07) is 8.48. The van der Waals surface area contributed by atoms with E-state index in [-0.39, 0.29) is 18.8 Å². The number of carbonyl (C=O) groups is 1. The molecule has 1 N–H and O–H groups in total. The van der Waals surface area contributed by atoms with Gasteiger partial charge in [0.2, 0.25) is 0 Å². The van der Waals surface area contributed by atoms with E-state index in [1.807, 2.05) is 0 Å². The van der Waals surface area contributed by atoms with Gasteiger partial charge in [-0.3, -0.25) is 4.79 Å². The maximum absolute atomic E-state index is 10.4. The molecule has 0 heterocycles. The van der Waals surface area contributed by atoms with Crippen molar-refractivity contribution >= 4 is 18.4 Å². The van der Waals surface area contributed by atoms with Crippen molar-refractivity contribution in [2.24, 2.45) is 0 Å². The summed E-state index contributed by atoms with van der Waals surface area (Å²) >= 11 is 0. The highest BCUT2D eigenvalue weighted by Gasteiger charge is 2.02.